The molecule has 8 heteroatoms. The molecule has 0 spiro atoms. The first-order chi connectivity index (χ1) is 18.1. The van der Waals surface area contributed by atoms with Crippen molar-refractivity contribution >= 4 is 35.2 Å². The average molecular weight is 578 g/mol. The van der Waals surface area contributed by atoms with Crippen LogP contribution in [0.1, 0.15) is 50.3 Å². The first-order valence-electron chi connectivity index (χ1n) is 12.7. The van der Waals surface area contributed by atoms with Gasteiger partial charge in [0.05, 0.1) is 11.2 Å². The molecule has 0 bridgehead atoms. The Hall–Kier alpha value is -2.94. The molecular weight excluding hydrogens is 548 g/mol. The lowest BCUT2D eigenvalue weighted by Crippen LogP contribution is -2.41. The van der Waals surface area contributed by atoms with E-state index < -0.39 is 30.2 Å². The SMILES string of the molecule is CC1(C)OB(C(=Cc2c(F)cccc2Br)CNC(=O)OCC2c3ccccc3-c3ccccc32)OC1(C)C. The lowest BCUT2D eigenvalue weighted by atomic mass is 9.77. The van der Waals surface area contributed by atoms with E-state index in [9.17, 15) is 9.18 Å². The Labute approximate surface area is 231 Å². The Morgan fingerprint density at radius 3 is 2.13 bits per heavy atom. The van der Waals surface area contributed by atoms with Gasteiger partial charge in [-0.15, -0.1) is 0 Å². The lowest BCUT2D eigenvalue weighted by molar-refractivity contribution is 0.00578. The average Bonchev–Trinajstić information content (AvgIpc) is 3.31. The van der Waals surface area contributed by atoms with E-state index in [1.165, 1.54) is 17.2 Å². The number of halogens is 2. The van der Waals surface area contributed by atoms with Crippen LogP contribution in [0.5, 0.6) is 0 Å². The molecule has 1 aliphatic heterocycles. The van der Waals surface area contributed by atoms with Crippen molar-refractivity contribution in [3.63, 3.8) is 0 Å². The van der Waals surface area contributed by atoms with Crippen molar-refractivity contribution in [1.82, 2.24) is 5.32 Å². The number of carbonyl (C=O) groups is 1. The molecule has 1 amide bonds. The normalized spacial score (nSPS) is 17.7. The second-order valence-corrected chi connectivity index (χ2v) is 11.5. The minimum absolute atomic E-state index is 0.0411. The predicted octanol–water partition coefficient (Wildman–Crippen LogP) is 7.14. The maximum atomic E-state index is 14.7. The summed E-state index contributed by atoms with van der Waals surface area (Å²) < 4.78 is 33.4. The van der Waals surface area contributed by atoms with Crippen LogP contribution in [0.25, 0.3) is 17.2 Å². The summed E-state index contributed by atoms with van der Waals surface area (Å²) in [6, 6.07) is 21.1. The smallest absolute Gasteiger partial charge is 0.449 e. The van der Waals surface area contributed by atoms with E-state index in [2.05, 4.69) is 45.5 Å². The number of benzene rings is 3. The van der Waals surface area contributed by atoms with Crippen LogP contribution in [0.4, 0.5) is 9.18 Å². The number of hydrogen-bond acceptors (Lipinski definition) is 4. The van der Waals surface area contributed by atoms with Crippen LogP contribution in [0.3, 0.4) is 0 Å². The van der Waals surface area contributed by atoms with E-state index in [1.54, 1.807) is 18.2 Å². The molecule has 3 aromatic rings. The van der Waals surface area contributed by atoms with Crippen LogP contribution < -0.4 is 5.32 Å². The van der Waals surface area contributed by atoms with Gasteiger partial charge in [0.25, 0.3) is 0 Å². The minimum atomic E-state index is -0.764. The number of ether oxygens (including phenoxy) is 1. The molecular formula is C30H30BBrFNO4. The van der Waals surface area contributed by atoms with E-state index in [0.717, 1.165) is 11.1 Å². The van der Waals surface area contributed by atoms with Gasteiger partial charge < -0.3 is 19.4 Å². The predicted molar refractivity (Wildman–Crippen MR) is 151 cm³/mol. The number of alkyl carbamates (subject to hydrolysis) is 1. The molecule has 5 rings (SSSR count). The largest absolute Gasteiger partial charge is 0.492 e. The Balaban J connectivity index is 1.32. The topological polar surface area (TPSA) is 56.8 Å². The number of amides is 1. The second-order valence-electron chi connectivity index (χ2n) is 10.6. The molecule has 1 heterocycles. The number of hydrogen-bond donors (Lipinski definition) is 1. The number of nitrogens with one attached hydrogen (secondary N) is 1. The maximum Gasteiger partial charge on any atom is 0.492 e. The summed E-state index contributed by atoms with van der Waals surface area (Å²) in [6.45, 7) is 8.05. The molecule has 196 valence electrons. The van der Waals surface area contributed by atoms with E-state index in [4.69, 9.17) is 14.0 Å². The molecule has 0 unspecified atom stereocenters. The van der Waals surface area contributed by atoms with Gasteiger partial charge in [0.2, 0.25) is 0 Å². The van der Waals surface area contributed by atoms with E-state index in [1.807, 2.05) is 52.0 Å². The van der Waals surface area contributed by atoms with Crippen LogP contribution in [0.2, 0.25) is 0 Å². The molecule has 1 aliphatic carbocycles. The quantitative estimate of drug-likeness (QED) is 0.316. The van der Waals surface area contributed by atoms with Gasteiger partial charge >= 0.3 is 13.2 Å². The fourth-order valence-electron chi connectivity index (χ4n) is 4.85. The van der Waals surface area contributed by atoms with Crippen LogP contribution in [-0.4, -0.2) is 37.6 Å². The highest BCUT2D eigenvalue weighted by atomic mass is 79.9. The summed E-state index contributed by atoms with van der Waals surface area (Å²) in [7, 11) is -0.764. The summed E-state index contributed by atoms with van der Waals surface area (Å²) in [5, 5.41) is 2.82. The van der Waals surface area contributed by atoms with Crippen LogP contribution in [-0.2, 0) is 14.0 Å². The second kappa shape index (κ2) is 10.3. The molecule has 0 radical (unpaired) electrons. The molecule has 3 aromatic carbocycles. The molecule has 1 N–H and O–H groups in total. The Morgan fingerprint density at radius 2 is 1.55 bits per heavy atom. The van der Waals surface area contributed by atoms with Gasteiger partial charge in [-0.3, -0.25) is 0 Å². The zero-order valence-corrected chi connectivity index (χ0v) is 23.5. The molecule has 0 saturated carbocycles. The highest BCUT2D eigenvalue weighted by Gasteiger charge is 2.52. The maximum absolute atomic E-state index is 14.7. The number of rotatable bonds is 6. The zero-order valence-electron chi connectivity index (χ0n) is 21.9. The molecule has 0 aromatic heterocycles. The van der Waals surface area contributed by atoms with Gasteiger partial charge in [-0.05, 0) is 67.6 Å². The Kier molecular flexibility index (Phi) is 7.24. The summed E-state index contributed by atoms with van der Waals surface area (Å²) in [5.41, 5.74) is 4.36. The van der Waals surface area contributed by atoms with Gasteiger partial charge in [0, 0.05) is 22.5 Å². The molecule has 1 saturated heterocycles. The van der Waals surface area contributed by atoms with Crippen molar-refractivity contribution in [3.05, 3.63) is 99.2 Å². The lowest BCUT2D eigenvalue weighted by Gasteiger charge is -2.32. The minimum Gasteiger partial charge on any atom is -0.449 e. The highest BCUT2D eigenvalue weighted by molar-refractivity contribution is 9.10. The fourth-order valence-corrected chi connectivity index (χ4v) is 5.31. The van der Waals surface area contributed by atoms with Crippen molar-refractivity contribution in [2.75, 3.05) is 13.2 Å². The zero-order chi connectivity index (χ0) is 27.1. The van der Waals surface area contributed by atoms with E-state index in [-0.39, 0.29) is 19.1 Å². The van der Waals surface area contributed by atoms with Crippen molar-refractivity contribution in [1.29, 1.82) is 0 Å². The number of carbonyl (C=O) groups excluding carboxylic acids is 1. The van der Waals surface area contributed by atoms with Crippen molar-refractivity contribution in [2.45, 2.75) is 44.8 Å². The third-order valence-corrected chi connectivity index (χ3v) is 8.36. The fraction of sp³-hybridized carbons (Fsp3) is 0.300. The Morgan fingerprint density at radius 1 is 0.974 bits per heavy atom. The summed E-state index contributed by atoms with van der Waals surface area (Å²) in [6.07, 6.45) is 1.09. The Bertz CT molecular complexity index is 1320. The third-order valence-electron chi connectivity index (χ3n) is 7.67. The first kappa shape index (κ1) is 26.7. The number of fused-ring (bicyclic) bond motifs is 3. The summed E-state index contributed by atoms with van der Waals surface area (Å²) in [5.74, 6) is -0.435. The van der Waals surface area contributed by atoms with Crippen LogP contribution in [0, 0.1) is 5.82 Å². The van der Waals surface area contributed by atoms with Crippen molar-refractivity contribution in [2.24, 2.45) is 0 Å². The van der Waals surface area contributed by atoms with Crippen LogP contribution in [0.15, 0.2) is 76.7 Å². The monoisotopic (exact) mass is 577 g/mol. The van der Waals surface area contributed by atoms with Gasteiger partial charge in [0.15, 0.2) is 0 Å². The summed E-state index contributed by atoms with van der Waals surface area (Å²) >= 11 is 3.42. The van der Waals surface area contributed by atoms with Crippen LogP contribution >= 0.6 is 15.9 Å². The van der Waals surface area contributed by atoms with E-state index >= 15 is 0 Å². The molecule has 38 heavy (non-hydrogen) atoms. The standard InChI is InChI=1S/C30H30BBrFNO4/c1-29(2)30(3,4)38-31(37-29)19(16-24-26(32)14-9-15-27(24)33)17-34-28(35)36-18-25-22-12-7-5-10-20(22)21-11-6-8-13-23(21)25/h5-16,25H,17-18H2,1-4H3,(H,34,35). The molecule has 0 atom stereocenters. The van der Waals surface area contributed by atoms with Gasteiger partial charge in [-0.1, -0.05) is 76.6 Å². The first-order valence-corrected chi connectivity index (χ1v) is 13.5. The van der Waals surface area contributed by atoms with E-state index in [0.29, 0.717) is 15.5 Å². The van der Waals surface area contributed by atoms with Gasteiger partial charge in [-0.2, -0.15) is 0 Å². The molecule has 2 aliphatic rings. The van der Waals surface area contributed by atoms with Gasteiger partial charge in [-0.25, -0.2) is 9.18 Å². The summed E-state index contributed by atoms with van der Waals surface area (Å²) in [4.78, 5) is 12.9. The third kappa shape index (κ3) is 5.05. The van der Waals surface area contributed by atoms with Crippen molar-refractivity contribution in [3.8, 4) is 11.1 Å². The highest BCUT2D eigenvalue weighted by Crippen LogP contribution is 2.44. The van der Waals surface area contributed by atoms with Gasteiger partial charge in [0.1, 0.15) is 12.4 Å². The van der Waals surface area contributed by atoms with Crippen molar-refractivity contribution < 1.29 is 23.2 Å². The molecule has 5 nitrogen and oxygen atoms in total. The molecule has 1 fully saturated rings.